The van der Waals surface area contributed by atoms with E-state index >= 15 is 0 Å². The third-order valence-corrected chi connectivity index (χ3v) is 3.51. The van der Waals surface area contributed by atoms with Gasteiger partial charge in [-0.1, -0.05) is 43.7 Å². The maximum absolute atomic E-state index is 4.68. The maximum Gasteiger partial charge on any atom is 0.159 e. The zero-order valence-electron chi connectivity index (χ0n) is 12.1. The highest BCUT2D eigenvalue weighted by Gasteiger charge is 2.07. The minimum Gasteiger partial charge on any atom is -0.236 e. The van der Waals surface area contributed by atoms with Gasteiger partial charge in [-0.3, -0.25) is 0 Å². The van der Waals surface area contributed by atoms with Crippen LogP contribution in [0.2, 0.25) is 0 Å². The van der Waals surface area contributed by atoms with Crippen LogP contribution in [0.15, 0.2) is 48.7 Å². The van der Waals surface area contributed by atoms with E-state index in [2.05, 4.69) is 48.9 Å². The third-order valence-electron chi connectivity index (χ3n) is 3.51. The number of benzene rings is 2. The number of rotatable bonds is 2. The first-order valence-corrected chi connectivity index (χ1v) is 6.97. The van der Waals surface area contributed by atoms with Crippen LogP contribution in [0.5, 0.6) is 0 Å². The van der Waals surface area contributed by atoms with Gasteiger partial charge >= 0.3 is 0 Å². The van der Waals surface area contributed by atoms with Gasteiger partial charge in [-0.15, -0.1) is 0 Å². The number of aryl methyl sites for hydroxylation is 1. The minimum atomic E-state index is 0.508. The second-order valence-corrected chi connectivity index (χ2v) is 5.54. The second-order valence-electron chi connectivity index (χ2n) is 5.54. The SMILES string of the molecule is Cc1cc(-c2ncc3ccccc3n2)cc(C(C)C)c1. The monoisotopic (exact) mass is 262 g/mol. The molecule has 0 unspecified atom stereocenters. The summed E-state index contributed by atoms with van der Waals surface area (Å²) in [5.74, 6) is 1.31. The molecular formula is C18H18N2. The molecule has 0 fully saturated rings. The largest absolute Gasteiger partial charge is 0.236 e. The highest BCUT2D eigenvalue weighted by Crippen LogP contribution is 2.24. The van der Waals surface area contributed by atoms with E-state index in [0.29, 0.717) is 5.92 Å². The molecule has 0 aliphatic rings. The molecule has 0 N–H and O–H groups in total. The van der Waals surface area contributed by atoms with E-state index in [9.17, 15) is 0 Å². The normalized spacial score (nSPS) is 11.2. The van der Waals surface area contributed by atoms with Gasteiger partial charge in [-0.05, 0) is 36.6 Å². The van der Waals surface area contributed by atoms with Crippen molar-refractivity contribution >= 4 is 10.9 Å². The van der Waals surface area contributed by atoms with E-state index in [1.807, 2.05) is 30.5 Å². The Labute approximate surface area is 119 Å². The first-order valence-electron chi connectivity index (χ1n) is 6.97. The molecule has 3 rings (SSSR count). The number of nitrogens with zero attached hydrogens (tertiary/aromatic N) is 2. The van der Waals surface area contributed by atoms with E-state index < -0.39 is 0 Å². The lowest BCUT2D eigenvalue weighted by atomic mass is 9.98. The van der Waals surface area contributed by atoms with Crippen LogP contribution >= 0.6 is 0 Å². The zero-order valence-corrected chi connectivity index (χ0v) is 12.1. The van der Waals surface area contributed by atoms with Crippen molar-refractivity contribution in [2.24, 2.45) is 0 Å². The fraction of sp³-hybridized carbons (Fsp3) is 0.222. The molecule has 0 amide bonds. The Morgan fingerprint density at radius 2 is 1.80 bits per heavy atom. The molecule has 2 aromatic carbocycles. The van der Waals surface area contributed by atoms with Gasteiger partial charge in [-0.2, -0.15) is 0 Å². The average molecular weight is 262 g/mol. The molecule has 2 nitrogen and oxygen atoms in total. The van der Waals surface area contributed by atoms with Crippen LogP contribution in [-0.2, 0) is 0 Å². The van der Waals surface area contributed by atoms with Crippen molar-refractivity contribution in [3.63, 3.8) is 0 Å². The molecule has 2 heteroatoms. The molecular weight excluding hydrogens is 244 g/mol. The summed E-state index contributed by atoms with van der Waals surface area (Å²) in [4.78, 5) is 9.18. The first kappa shape index (κ1) is 12.8. The quantitative estimate of drug-likeness (QED) is 0.667. The van der Waals surface area contributed by atoms with E-state index in [-0.39, 0.29) is 0 Å². The number of para-hydroxylation sites is 1. The Morgan fingerprint density at radius 3 is 2.60 bits per heavy atom. The van der Waals surface area contributed by atoms with Crippen molar-refractivity contribution in [2.75, 3.05) is 0 Å². The minimum absolute atomic E-state index is 0.508. The topological polar surface area (TPSA) is 25.8 Å². The summed E-state index contributed by atoms with van der Waals surface area (Å²) in [6, 6.07) is 14.7. The number of hydrogen-bond donors (Lipinski definition) is 0. The standard InChI is InChI=1S/C18H18N2/c1-12(2)15-8-13(3)9-16(10-15)18-19-11-14-6-4-5-7-17(14)20-18/h4-12H,1-3H3. The second kappa shape index (κ2) is 5.04. The number of fused-ring (bicyclic) bond motifs is 1. The molecule has 0 radical (unpaired) electrons. The zero-order chi connectivity index (χ0) is 14.1. The van der Waals surface area contributed by atoms with Crippen LogP contribution in [0.1, 0.15) is 30.9 Å². The van der Waals surface area contributed by atoms with Crippen LogP contribution < -0.4 is 0 Å². The Hall–Kier alpha value is -2.22. The van der Waals surface area contributed by atoms with Crippen LogP contribution in [0.4, 0.5) is 0 Å². The molecule has 3 aromatic rings. The van der Waals surface area contributed by atoms with Gasteiger partial charge in [0.15, 0.2) is 5.82 Å². The van der Waals surface area contributed by atoms with Crippen LogP contribution in [-0.4, -0.2) is 9.97 Å². The molecule has 0 aliphatic heterocycles. The molecule has 0 atom stereocenters. The van der Waals surface area contributed by atoms with Crippen LogP contribution in [0, 0.1) is 6.92 Å². The van der Waals surface area contributed by atoms with Gasteiger partial charge in [0.25, 0.3) is 0 Å². The Morgan fingerprint density at radius 1 is 1.00 bits per heavy atom. The van der Waals surface area contributed by atoms with Gasteiger partial charge in [0, 0.05) is 17.1 Å². The van der Waals surface area contributed by atoms with Crippen LogP contribution in [0.25, 0.3) is 22.3 Å². The Balaban J connectivity index is 2.15. The summed E-state index contributed by atoms with van der Waals surface area (Å²) in [6.45, 7) is 6.54. The lowest BCUT2D eigenvalue weighted by molar-refractivity contribution is 0.865. The summed E-state index contributed by atoms with van der Waals surface area (Å²) in [6.07, 6.45) is 1.90. The van der Waals surface area contributed by atoms with Crippen molar-refractivity contribution in [1.82, 2.24) is 9.97 Å². The van der Waals surface area contributed by atoms with E-state index in [4.69, 9.17) is 0 Å². The van der Waals surface area contributed by atoms with E-state index in [1.54, 1.807) is 0 Å². The molecule has 20 heavy (non-hydrogen) atoms. The van der Waals surface area contributed by atoms with E-state index in [0.717, 1.165) is 22.3 Å². The maximum atomic E-state index is 4.68. The summed E-state index contributed by atoms with van der Waals surface area (Å²) >= 11 is 0. The highest BCUT2D eigenvalue weighted by atomic mass is 14.9. The Bertz CT molecular complexity index is 760. The third kappa shape index (κ3) is 2.42. The van der Waals surface area contributed by atoms with Crippen LogP contribution in [0.3, 0.4) is 0 Å². The lowest BCUT2D eigenvalue weighted by Gasteiger charge is -2.10. The molecule has 1 heterocycles. The molecule has 0 spiro atoms. The average Bonchev–Trinajstić information content (AvgIpc) is 2.46. The van der Waals surface area contributed by atoms with E-state index in [1.165, 1.54) is 11.1 Å². The van der Waals surface area contributed by atoms with Gasteiger partial charge in [-0.25, -0.2) is 9.97 Å². The first-order chi connectivity index (χ1) is 9.63. The van der Waals surface area contributed by atoms with Gasteiger partial charge in [0.2, 0.25) is 0 Å². The summed E-state index contributed by atoms with van der Waals surface area (Å²) in [5, 5.41) is 1.08. The van der Waals surface area contributed by atoms with Gasteiger partial charge in [0.05, 0.1) is 5.52 Å². The molecule has 0 bridgehead atoms. The predicted molar refractivity (Wildman–Crippen MR) is 83.8 cm³/mol. The lowest BCUT2D eigenvalue weighted by Crippen LogP contribution is -1.94. The molecule has 0 saturated heterocycles. The predicted octanol–water partition coefficient (Wildman–Crippen LogP) is 4.73. The van der Waals surface area contributed by atoms with Crippen molar-refractivity contribution in [2.45, 2.75) is 26.7 Å². The smallest absolute Gasteiger partial charge is 0.159 e. The highest BCUT2D eigenvalue weighted by molar-refractivity contribution is 5.79. The van der Waals surface area contributed by atoms with Crippen molar-refractivity contribution in [3.8, 4) is 11.4 Å². The number of hydrogen-bond acceptors (Lipinski definition) is 2. The fourth-order valence-corrected chi connectivity index (χ4v) is 2.39. The molecule has 0 aliphatic carbocycles. The summed E-state index contributed by atoms with van der Waals surface area (Å²) < 4.78 is 0. The fourth-order valence-electron chi connectivity index (χ4n) is 2.39. The van der Waals surface area contributed by atoms with Gasteiger partial charge in [0.1, 0.15) is 0 Å². The summed E-state index contributed by atoms with van der Waals surface area (Å²) in [5.41, 5.74) is 4.67. The Kier molecular flexibility index (Phi) is 3.23. The molecule has 100 valence electrons. The van der Waals surface area contributed by atoms with Crippen molar-refractivity contribution in [3.05, 3.63) is 59.8 Å². The number of aromatic nitrogens is 2. The van der Waals surface area contributed by atoms with Crippen molar-refractivity contribution in [1.29, 1.82) is 0 Å². The molecule has 1 aromatic heterocycles. The summed E-state index contributed by atoms with van der Waals surface area (Å²) in [7, 11) is 0. The molecule has 0 saturated carbocycles. The van der Waals surface area contributed by atoms with Crippen molar-refractivity contribution < 1.29 is 0 Å². The van der Waals surface area contributed by atoms with Gasteiger partial charge < -0.3 is 0 Å².